The van der Waals surface area contributed by atoms with Crippen LogP contribution in [0.25, 0.3) is 0 Å². The molecule has 2 fully saturated rings. The standard InChI is InChI=1S/C8H16N2S/c1-9-4-5-10-3-2-8(11)7(10)6-9/h7-8,11H,2-6H2,1H3. The number of piperazine rings is 1. The molecule has 64 valence electrons. The molecule has 2 nitrogen and oxygen atoms in total. The van der Waals surface area contributed by atoms with E-state index in [1.165, 1.54) is 32.6 Å². The normalized spacial score (nSPS) is 40.9. The third-order valence-electron chi connectivity index (χ3n) is 2.89. The van der Waals surface area contributed by atoms with E-state index in [9.17, 15) is 0 Å². The van der Waals surface area contributed by atoms with Gasteiger partial charge in [-0.25, -0.2) is 0 Å². The molecule has 0 aromatic heterocycles. The van der Waals surface area contributed by atoms with Crippen molar-refractivity contribution in [1.82, 2.24) is 9.80 Å². The summed E-state index contributed by atoms with van der Waals surface area (Å²) in [5, 5.41) is 0.623. The zero-order chi connectivity index (χ0) is 7.84. The first-order valence-corrected chi connectivity index (χ1v) is 4.89. The molecule has 0 aromatic carbocycles. The lowest BCUT2D eigenvalue weighted by Crippen LogP contribution is -2.50. The van der Waals surface area contributed by atoms with E-state index in [1.807, 2.05) is 0 Å². The predicted molar refractivity (Wildman–Crippen MR) is 50.2 cm³/mol. The van der Waals surface area contributed by atoms with Crippen molar-refractivity contribution in [1.29, 1.82) is 0 Å². The molecular weight excluding hydrogens is 156 g/mol. The first-order valence-electron chi connectivity index (χ1n) is 4.38. The number of nitrogens with zero attached hydrogens (tertiary/aromatic N) is 2. The lowest BCUT2D eigenvalue weighted by atomic mass is 10.1. The van der Waals surface area contributed by atoms with Gasteiger partial charge in [-0.3, -0.25) is 4.90 Å². The molecule has 0 aliphatic carbocycles. The van der Waals surface area contributed by atoms with Crippen molar-refractivity contribution in [2.24, 2.45) is 0 Å². The summed E-state index contributed by atoms with van der Waals surface area (Å²) < 4.78 is 0. The van der Waals surface area contributed by atoms with Crippen LogP contribution in [0.1, 0.15) is 6.42 Å². The fourth-order valence-corrected chi connectivity index (χ4v) is 2.52. The van der Waals surface area contributed by atoms with Crippen LogP contribution in [-0.4, -0.2) is 54.3 Å². The van der Waals surface area contributed by atoms with Gasteiger partial charge in [-0.1, -0.05) is 0 Å². The summed E-state index contributed by atoms with van der Waals surface area (Å²) in [5.41, 5.74) is 0. The molecule has 0 bridgehead atoms. The van der Waals surface area contributed by atoms with Crippen LogP contribution in [0.5, 0.6) is 0 Å². The van der Waals surface area contributed by atoms with E-state index in [4.69, 9.17) is 0 Å². The summed E-state index contributed by atoms with van der Waals surface area (Å²) >= 11 is 4.59. The largest absolute Gasteiger partial charge is 0.304 e. The summed E-state index contributed by atoms with van der Waals surface area (Å²) in [4.78, 5) is 4.99. The van der Waals surface area contributed by atoms with Crippen molar-refractivity contribution >= 4 is 12.6 Å². The summed E-state index contributed by atoms with van der Waals surface area (Å²) in [7, 11) is 2.20. The molecule has 0 N–H and O–H groups in total. The van der Waals surface area contributed by atoms with Crippen LogP contribution in [0.15, 0.2) is 0 Å². The summed E-state index contributed by atoms with van der Waals surface area (Å²) in [6.45, 7) is 4.97. The number of fused-ring (bicyclic) bond motifs is 1. The first kappa shape index (κ1) is 7.90. The van der Waals surface area contributed by atoms with Crippen molar-refractivity contribution in [3.05, 3.63) is 0 Å². The third-order valence-corrected chi connectivity index (χ3v) is 3.50. The Labute approximate surface area is 74.0 Å². The molecule has 0 amide bonds. The van der Waals surface area contributed by atoms with E-state index in [0.29, 0.717) is 5.25 Å². The maximum Gasteiger partial charge on any atom is 0.0340 e. The smallest absolute Gasteiger partial charge is 0.0340 e. The fraction of sp³-hybridized carbons (Fsp3) is 1.00. The minimum Gasteiger partial charge on any atom is -0.304 e. The second kappa shape index (κ2) is 2.96. The minimum atomic E-state index is 0.623. The Balaban J connectivity index is 2.01. The molecule has 2 saturated heterocycles. The number of likely N-dealkylation sites (N-methyl/N-ethyl adjacent to an activating group) is 1. The van der Waals surface area contributed by atoms with Gasteiger partial charge in [0, 0.05) is 30.9 Å². The van der Waals surface area contributed by atoms with Gasteiger partial charge >= 0.3 is 0 Å². The van der Waals surface area contributed by atoms with Crippen molar-refractivity contribution < 1.29 is 0 Å². The van der Waals surface area contributed by atoms with Crippen molar-refractivity contribution in [3.63, 3.8) is 0 Å². The number of rotatable bonds is 0. The van der Waals surface area contributed by atoms with Gasteiger partial charge in [-0.2, -0.15) is 12.6 Å². The Kier molecular flexibility index (Phi) is 2.12. The van der Waals surface area contributed by atoms with E-state index in [2.05, 4.69) is 29.5 Å². The molecule has 2 heterocycles. The monoisotopic (exact) mass is 172 g/mol. The summed E-state index contributed by atoms with van der Waals surface area (Å²) in [6.07, 6.45) is 1.28. The highest BCUT2D eigenvalue weighted by molar-refractivity contribution is 7.81. The SMILES string of the molecule is CN1CCN2CCC(S)C2C1. The molecule has 0 spiro atoms. The summed E-state index contributed by atoms with van der Waals surface area (Å²) in [6, 6.07) is 0.733. The van der Waals surface area contributed by atoms with Crippen LogP contribution in [0.4, 0.5) is 0 Å². The number of hydrogen-bond donors (Lipinski definition) is 1. The van der Waals surface area contributed by atoms with E-state index in [1.54, 1.807) is 0 Å². The van der Waals surface area contributed by atoms with Gasteiger partial charge in [-0.05, 0) is 20.0 Å². The second-order valence-electron chi connectivity index (χ2n) is 3.72. The van der Waals surface area contributed by atoms with Crippen molar-refractivity contribution in [3.8, 4) is 0 Å². The zero-order valence-corrected chi connectivity index (χ0v) is 7.93. The van der Waals surface area contributed by atoms with Crippen molar-refractivity contribution in [2.75, 3.05) is 33.2 Å². The number of thiol groups is 1. The maximum absolute atomic E-state index is 4.59. The van der Waals surface area contributed by atoms with Crippen molar-refractivity contribution in [2.45, 2.75) is 17.7 Å². The lowest BCUT2D eigenvalue weighted by molar-refractivity contribution is 0.126. The highest BCUT2D eigenvalue weighted by Gasteiger charge is 2.34. The van der Waals surface area contributed by atoms with Crippen LogP contribution in [0, 0.1) is 0 Å². The molecule has 2 atom stereocenters. The van der Waals surface area contributed by atoms with Gasteiger partial charge < -0.3 is 4.90 Å². The average molecular weight is 172 g/mol. The van der Waals surface area contributed by atoms with Crippen LogP contribution in [-0.2, 0) is 0 Å². The highest BCUT2D eigenvalue weighted by atomic mass is 32.1. The predicted octanol–water partition coefficient (Wildman–Crippen LogP) is 0.304. The first-order chi connectivity index (χ1) is 5.27. The van der Waals surface area contributed by atoms with E-state index < -0.39 is 0 Å². The van der Waals surface area contributed by atoms with E-state index in [0.717, 1.165) is 6.04 Å². The molecular formula is C8H16N2S. The Morgan fingerprint density at radius 3 is 2.91 bits per heavy atom. The maximum atomic E-state index is 4.59. The molecule has 2 aliphatic heterocycles. The van der Waals surface area contributed by atoms with Gasteiger partial charge in [-0.15, -0.1) is 0 Å². The third kappa shape index (κ3) is 1.42. The van der Waals surface area contributed by atoms with Gasteiger partial charge in [0.15, 0.2) is 0 Å². The Morgan fingerprint density at radius 1 is 1.27 bits per heavy atom. The van der Waals surface area contributed by atoms with Crippen LogP contribution in [0.3, 0.4) is 0 Å². The number of hydrogen-bond acceptors (Lipinski definition) is 3. The zero-order valence-electron chi connectivity index (χ0n) is 7.03. The average Bonchev–Trinajstić information content (AvgIpc) is 2.33. The van der Waals surface area contributed by atoms with E-state index in [-0.39, 0.29) is 0 Å². The quantitative estimate of drug-likeness (QED) is 0.525. The fourth-order valence-electron chi connectivity index (χ4n) is 2.12. The van der Waals surface area contributed by atoms with Crippen LogP contribution in [0.2, 0.25) is 0 Å². The molecule has 0 aromatic rings. The van der Waals surface area contributed by atoms with Crippen LogP contribution < -0.4 is 0 Å². The molecule has 0 radical (unpaired) electrons. The van der Waals surface area contributed by atoms with Gasteiger partial charge in [0.2, 0.25) is 0 Å². The summed E-state index contributed by atoms with van der Waals surface area (Å²) in [5.74, 6) is 0. The van der Waals surface area contributed by atoms with Gasteiger partial charge in [0.25, 0.3) is 0 Å². The lowest BCUT2D eigenvalue weighted by Gasteiger charge is -2.36. The van der Waals surface area contributed by atoms with E-state index >= 15 is 0 Å². The Morgan fingerprint density at radius 2 is 2.09 bits per heavy atom. The molecule has 11 heavy (non-hydrogen) atoms. The molecule has 3 heteroatoms. The van der Waals surface area contributed by atoms with Gasteiger partial charge in [0.05, 0.1) is 0 Å². The Hall–Kier alpha value is 0.270. The molecule has 2 aliphatic rings. The van der Waals surface area contributed by atoms with Crippen LogP contribution >= 0.6 is 12.6 Å². The second-order valence-corrected chi connectivity index (χ2v) is 4.38. The molecule has 2 unspecified atom stereocenters. The molecule has 0 saturated carbocycles. The highest BCUT2D eigenvalue weighted by Crippen LogP contribution is 2.25. The molecule has 2 rings (SSSR count). The Bertz CT molecular complexity index is 151. The topological polar surface area (TPSA) is 6.48 Å². The van der Waals surface area contributed by atoms with Gasteiger partial charge in [0.1, 0.15) is 0 Å². The minimum absolute atomic E-state index is 0.623.